The van der Waals surface area contributed by atoms with Crippen molar-refractivity contribution in [1.82, 2.24) is 0 Å². The summed E-state index contributed by atoms with van der Waals surface area (Å²) >= 11 is 0. The highest BCUT2D eigenvalue weighted by atomic mass is 16.5. The number of ether oxygens (including phenoxy) is 2. The molecule has 4 saturated carbocycles. The maximum atomic E-state index is 12.9. The van der Waals surface area contributed by atoms with E-state index >= 15 is 0 Å². The number of hydrogen-bond donors (Lipinski definition) is 1. The zero-order valence-electron chi connectivity index (χ0n) is 18.0. The summed E-state index contributed by atoms with van der Waals surface area (Å²) < 4.78 is 11.3. The molecule has 4 bridgehead atoms. The lowest BCUT2D eigenvalue weighted by molar-refractivity contribution is -0.00618. The van der Waals surface area contributed by atoms with E-state index in [1.165, 1.54) is 50.7 Å². The quantitative estimate of drug-likeness (QED) is 0.519. The van der Waals surface area contributed by atoms with E-state index in [0.29, 0.717) is 16.9 Å². The van der Waals surface area contributed by atoms with Crippen LogP contribution in [0.15, 0.2) is 36.4 Å². The first-order valence-electron chi connectivity index (χ1n) is 11.1. The summed E-state index contributed by atoms with van der Waals surface area (Å²) in [5.74, 6) is 2.16. The molecular formula is C26H28O5. The highest BCUT2D eigenvalue weighted by Crippen LogP contribution is 2.61. The number of carboxylic acid groups (broad SMARTS) is 1. The van der Waals surface area contributed by atoms with Crippen LogP contribution in [0.2, 0.25) is 0 Å². The Bertz CT molecular complexity index is 1020. The summed E-state index contributed by atoms with van der Waals surface area (Å²) in [7, 11) is 1.70. The lowest BCUT2D eigenvalue weighted by Gasteiger charge is -2.57. The number of aromatic carboxylic acids is 1. The van der Waals surface area contributed by atoms with Crippen molar-refractivity contribution in [2.24, 2.45) is 17.8 Å². The summed E-state index contributed by atoms with van der Waals surface area (Å²) in [5.41, 5.74) is 2.53. The van der Waals surface area contributed by atoms with Gasteiger partial charge in [-0.3, -0.25) is 0 Å². The van der Waals surface area contributed by atoms with Crippen LogP contribution in [0.25, 0.3) is 0 Å². The van der Waals surface area contributed by atoms with Crippen LogP contribution in [0.1, 0.15) is 70.4 Å². The van der Waals surface area contributed by atoms with Gasteiger partial charge in [-0.25, -0.2) is 9.59 Å². The van der Waals surface area contributed by atoms with E-state index in [2.05, 4.69) is 0 Å². The van der Waals surface area contributed by atoms with E-state index in [1.54, 1.807) is 26.2 Å². The van der Waals surface area contributed by atoms with Gasteiger partial charge in [-0.05, 0) is 111 Å². The fourth-order valence-electron chi connectivity index (χ4n) is 6.80. The number of carboxylic acids is 1. The first-order chi connectivity index (χ1) is 14.9. The van der Waals surface area contributed by atoms with Crippen molar-refractivity contribution in [3.63, 3.8) is 0 Å². The van der Waals surface area contributed by atoms with Crippen molar-refractivity contribution in [2.75, 3.05) is 7.11 Å². The van der Waals surface area contributed by atoms with E-state index in [0.717, 1.165) is 29.1 Å². The molecule has 0 aromatic heterocycles. The van der Waals surface area contributed by atoms with Gasteiger partial charge in [0.1, 0.15) is 11.5 Å². The van der Waals surface area contributed by atoms with Gasteiger partial charge in [-0.1, -0.05) is 0 Å². The van der Waals surface area contributed by atoms with Crippen LogP contribution >= 0.6 is 0 Å². The normalized spacial score (nSPS) is 28.4. The molecule has 4 aliphatic rings. The molecule has 0 atom stereocenters. The number of carbonyl (C=O) groups is 2. The largest absolute Gasteiger partial charge is 0.496 e. The average molecular weight is 421 g/mol. The predicted octanol–water partition coefficient (Wildman–Crippen LogP) is 5.39. The molecule has 5 nitrogen and oxygen atoms in total. The van der Waals surface area contributed by atoms with Crippen molar-refractivity contribution in [2.45, 2.75) is 50.9 Å². The van der Waals surface area contributed by atoms with Gasteiger partial charge in [-0.15, -0.1) is 0 Å². The van der Waals surface area contributed by atoms with Gasteiger partial charge in [0.25, 0.3) is 0 Å². The molecule has 162 valence electrons. The Morgan fingerprint density at radius 2 is 1.61 bits per heavy atom. The average Bonchev–Trinajstić information content (AvgIpc) is 2.72. The van der Waals surface area contributed by atoms with E-state index < -0.39 is 11.9 Å². The molecular weight excluding hydrogens is 392 g/mol. The minimum absolute atomic E-state index is 0.107. The fraction of sp³-hybridized carbons (Fsp3) is 0.462. The van der Waals surface area contributed by atoms with Gasteiger partial charge < -0.3 is 14.6 Å². The lowest BCUT2D eigenvalue weighted by atomic mass is 9.48. The maximum absolute atomic E-state index is 12.9. The maximum Gasteiger partial charge on any atom is 0.343 e. The van der Waals surface area contributed by atoms with Crippen LogP contribution in [0, 0.1) is 24.7 Å². The molecule has 5 heteroatoms. The predicted molar refractivity (Wildman–Crippen MR) is 116 cm³/mol. The highest BCUT2D eigenvalue weighted by Gasteiger charge is 2.52. The highest BCUT2D eigenvalue weighted by molar-refractivity contribution is 5.92. The Hall–Kier alpha value is -2.82. The van der Waals surface area contributed by atoms with E-state index in [1.807, 2.05) is 12.1 Å². The molecule has 6 rings (SSSR count). The Labute approximate surface area is 182 Å². The minimum Gasteiger partial charge on any atom is -0.496 e. The van der Waals surface area contributed by atoms with Gasteiger partial charge in [0, 0.05) is 5.56 Å². The number of esters is 1. The molecule has 0 spiro atoms. The molecule has 2 aromatic rings. The SMILES string of the molecule is COc1ccc(C(=O)Oc2ccc(C(=O)O)c(C)c2)cc1C12CC3CC(CC(C3)C1)C2. The summed E-state index contributed by atoms with van der Waals surface area (Å²) in [6.07, 6.45) is 7.62. The Kier molecular flexibility index (Phi) is 4.80. The van der Waals surface area contributed by atoms with Gasteiger partial charge in [-0.2, -0.15) is 0 Å². The molecule has 2 aromatic carbocycles. The molecule has 4 fully saturated rings. The van der Waals surface area contributed by atoms with Crippen LogP contribution in [0.5, 0.6) is 11.5 Å². The van der Waals surface area contributed by atoms with Crippen LogP contribution in [0.4, 0.5) is 0 Å². The van der Waals surface area contributed by atoms with Gasteiger partial charge in [0.05, 0.1) is 18.2 Å². The van der Waals surface area contributed by atoms with E-state index in [-0.39, 0.29) is 11.0 Å². The number of methoxy groups -OCH3 is 1. The summed E-state index contributed by atoms with van der Waals surface area (Å²) in [6, 6.07) is 10.2. The van der Waals surface area contributed by atoms with Gasteiger partial charge in [0.2, 0.25) is 0 Å². The van der Waals surface area contributed by atoms with Crippen molar-refractivity contribution in [3.8, 4) is 11.5 Å². The van der Waals surface area contributed by atoms with E-state index in [4.69, 9.17) is 9.47 Å². The monoisotopic (exact) mass is 420 g/mol. The number of carbonyl (C=O) groups excluding carboxylic acids is 1. The van der Waals surface area contributed by atoms with Crippen molar-refractivity contribution < 1.29 is 24.2 Å². The first kappa shape index (κ1) is 20.1. The standard InChI is InChI=1S/C26H28O5/c1-15-7-20(4-5-21(15)24(27)28)31-25(29)19-3-6-23(30-2)22(11-19)26-12-16-8-17(13-26)10-18(9-16)14-26/h3-7,11,16-18H,8-10,12-14H2,1-2H3,(H,27,28). The number of aryl methyl sites for hydroxylation is 1. The topological polar surface area (TPSA) is 72.8 Å². The van der Waals surface area contributed by atoms with Crippen LogP contribution in [-0.4, -0.2) is 24.2 Å². The molecule has 31 heavy (non-hydrogen) atoms. The molecule has 4 aliphatic carbocycles. The zero-order chi connectivity index (χ0) is 21.8. The second-order valence-corrected chi connectivity index (χ2v) is 9.78. The molecule has 0 amide bonds. The third-order valence-electron chi connectivity index (χ3n) is 7.68. The lowest BCUT2D eigenvalue weighted by Crippen LogP contribution is -2.48. The van der Waals surface area contributed by atoms with Crippen LogP contribution < -0.4 is 9.47 Å². The second kappa shape index (κ2) is 7.40. The molecule has 0 saturated heterocycles. The van der Waals surface area contributed by atoms with E-state index in [9.17, 15) is 14.7 Å². The summed E-state index contributed by atoms with van der Waals surface area (Å²) in [4.78, 5) is 24.2. The third kappa shape index (κ3) is 3.50. The first-order valence-corrected chi connectivity index (χ1v) is 11.1. The number of hydrogen-bond acceptors (Lipinski definition) is 4. The van der Waals surface area contributed by atoms with Crippen molar-refractivity contribution in [3.05, 3.63) is 58.7 Å². The van der Waals surface area contributed by atoms with Gasteiger partial charge >= 0.3 is 11.9 Å². The minimum atomic E-state index is -0.995. The molecule has 0 heterocycles. The Morgan fingerprint density at radius 3 is 2.16 bits per heavy atom. The van der Waals surface area contributed by atoms with Crippen molar-refractivity contribution >= 4 is 11.9 Å². The molecule has 0 aliphatic heterocycles. The molecule has 0 radical (unpaired) electrons. The Balaban J connectivity index is 1.44. The Morgan fingerprint density at radius 1 is 0.968 bits per heavy atom. The summed E-state index contributed by atoms with van der Waals surface area (Å²) in [6.45, 7) is 1.69. The second-order valence-electron chi connectivity index (χ2n) is 9.78. The molecule has 1 N–H and O–H groups in total. The van der Waals surface area contributed by atoms with Gasteiger partial charge in [0.15, 0.2) is 0 Å². The smallest absolute Gasteiger partial charge is 0.343 e. The third-order valence-corrected chi connectivity index (χ3v) is 7.68. The van der Waals surface area contributed by atoms with Crippen LogP contribution in [-0.2, 0) is 5.41 Å². The van der Waals surface area contributed by atoms with Crippen molar-refractivity contribution in [1.29, 1.82) is 0 Å². The molecule has 0 unspecified atom stereocenters. The zero-order valence-corrected chi connectivity index (χ0v) is 18.0. The number of rotatable bonds is 5. The summed E-state index contributed by atoms with van der Waals surface area (Å²) in [5, 5.41) is 9.19. The van der Waals surface area contributed by atoms with Crippen LogP contribution in [0.3, 0.4) is 0 Å². The number of benzene rings is 2. The fourth-order valence-corrected chi connectivity index (χ4v) is 6.80.